The molecule has 1 saturated carbocycles. The van der Waals surface area contributed by atoms with Gasteiger partial charge in [-0.25, -0.2) is 0 Å². The van der Waals surface area contributed by atoms with Gasteiger partial charge in [0.25, 0.3) is 0 Å². The van der Waals surface area contributed by atoms with Gasteiger partial charge < -0.3 is 0 Å². The lowest BCUT2D eigenvalue weighted by Crippen LogP contribution is -2.26. The largest absolute Gasteiger partial charge is 0.0946 e. The topological polar surface area (TPSA) is 0 Å². The first kappa shape index (κ1) is 7.35. The van der Waals surface area contributed by atoms with E-state index in [-0.39, 0.29) is 11.8 Å². The number of hydrogen-bond acceptors (Lipinski definition) is 0. The number of fused-ring (bicyclic) bond motifs is 2. The molecule has 2 bridgehead atoms. The van der Waals surface area contributed by atoms with Crippen molar-refractivity contribution in [2.24, 2.45) is 11.8 Å². The fourth-order valence-electron chi connectivity index (χ4n) is 1.68. The highest BCUT2D eigenvalue weighted by Crippen LogP contribution is 2.46. The van der Waals surface area contributed by atoms with Crippen LogP contribution in [0.15, 0.2) is 48.6 Å². The molecule has 3 aliphatic rings. The maximum atomic E-state index is 3.96. The van der Waals surface area contributed by atoms with Gasteiger partial charge >= 0.3 is 0 Å². The Balaban J connectivity index is 2.59. The molecule has 0 heterocycles. The molecule has 0 nitrogen and oxygen atoms in total. The minimum Gasteiger partial charge on any atom is -0.0946 e. The van der Waals surface area contributed by atoms with Gasteiger partial charge in [0.05, 0.1) is 0 Å². The molecule has 3 rings (SSSR count). The molecule has 0 unspecified atom stereocenters. The van der Waals surface area contributed by atoms with Crippen LogP contribution in [0.4, 0.5) is 0 Å². The van der Waals surface area contributed by atoms with Crippen molar-refractivity contribution in [1.82, 2.24) is 0 Å². The van der Waals surface area contributed by atoms with Crippen LogP contribution in [-0.2, 0) is 0 Å². The van der Waals surface area contributed by atoms with E-state index in [2.05, 4.69) is 38.5 Å². The van der Waals surface area contributed by atoms with Crippen LogP contribution < -0.4 is 0 Å². The van der Waals surface area contributed by atoms with Crippen molar-refractivity contribution in [2.45, 2.75) is 0 Å². The van der Waals surface area contributed by atoms with Gasteiger partial charge in [0.15, 0.2) is 0 Å². The molecule has 2 radical (unpaired) electrons. The molecule has 0 aromatic rings. The second-order valence-electron chi connectivity index (χ2n) is 3.26. The lowest BCUT2D eigenvalue weighted by molar-refractivity contribution is 0.685. The van der Waals surface area contributed by atoms with Crippen LogP contribution in [0.1, 0.15) is 0 Å². The van der Waals surface area contributed by atoms with Gasteiger partial charge in [0.2, 0.25) is 0 Å². The quantitative estimate of drug-likeness (QED) is 0.503. The highest BCUT2D eigenvalue weighted by Gasteiger charge is 2.35. The molecule has 0 spiro atoms. The van der Waals surface area contributed by atoms with Crippen molar-refractivity contribution in [3.05, 3.63) is 60.8 Å². The monoisotopic (exact) mass is 154 g/mol. The molecular formula is C12H10. The maximum Gasteiger partial charge on any atom is 0.0340 e. The standard InChI is InChI=1S/C12H10/c1-7-8(2)12-6-5-11(7)9(3)10(12)4/h11-12H,1-4H2. The van der Waals surface area contributed by atoms with E-state index in [9.17, 15) is 0 Å². The van der Waals surface area contributed by atoms with Crippen molar-refractivity contribution >= 4 is 0 Å². The van der Waals surface area contributed by atoms with Crippen LogP contribution in [0.3, 0.4) is 0 Å². The average Bonchev–Trinajstić information content (AvgIpc) is 2.05. The molecule has 0 N–H and O–H groups in total. The molecule has 0 aromatic carbocycles. The van der Waals surface area contributed by atoms with Crippen molar-refractivity contribution in [1.29, 1.82) is 0 Å². The van der Waals surface area contributed by atoms with Crippen LogP contribution >= 0.6 is 0 Å². The predicted molar refractivity (Wildman–Crippen MR) is 50.0 cm³/mol. The molecule has 3 aliphatic carbocycles. The van der Waals surface area contributed by atoms with Crippen molar-refractivity contribution in [3.63, 3.8) is 0 Å². The predicted octanol–water partition coefficient (Wildman–Crippen LogP) is 2.63. The third-order valence-electron chi connectivity index (χ3n) is 2.59. The zero-order valence-corrected chi connectivity index (χ0v) is 6.98. The van der Waals surface area contributed by atoms with Crippen molar-refractivity contribution in [2.75, 3.05) is 0 Å². The van der Waals surface area contributed by atoms with Gasteiger partial charge in [-0.1, -0.05) is 26.3 Å². The van der Waals surface area contributed by atoms with Crippen LogP contribution in [0.5, 0.6) is 0 Å². The number of rotatable bonds is 0. The minimum absolute atomic E-state index is 0.0926. The van der Waals surface area contributed by atoms with E-state index >= 15 is 0 Å². The third-order valence-corrected chi connectivity index (χ3v) is 2.59. The van der Waals surface area contributed by atoms with Gasteiger partial charge in [-0.05, 0) is 34.4 Å². The molecule has 0 amide bonds. The SMILES string of the molecule is C=C1C(=C)C2[C]=[C]C1C(=C)C2=C. The molecule has 0 aliphatic heterocycles. The van der Waals surface area contributed by atoms with Crippen LogP contribution in [0.25, 0.3) is 0 Å². The zero-order valence-electron chi connectivity index (χ0n) is 6.98. The average molecular weight is 154 g/mol. The van der Waals surface area contributed by atoms with Crippen LogP contribution in [-0.4, -0.2) is 0 Å². The summed E-state index contributed by atoms with van der Waals surface area (Å²) in [4.78, 5) is 0. The fourth-order valence-corrected chi connectivity index (χ4v) is 1.68. The number of hydrogen-bond donors (Lipinski definition) is 0. The molecule has 58 valence electrons. The van der Waals surface area contributed by atoms with E-state index < -0.39 is 0 Å². The summed E-state index contributed by atoms with van der Waals surface area (Å²) >= 11 is 0. The normalized spacial score (nSPS) is 33.3. The van der Waals surface area contributed by atoms with Gasteiger partial charge in [-0.2, -0.15) is 0 Å². The first-order valence-corrected chi connectivity index (χ1v) is 3.90. The maximum absolute atomic E-state index is 3.96. The van der Waals surface area contributed by atoms with E-state index in [1.807, 2.05) is 0 Å². The molecule has 0 aromatic heterocycles. The Kier molecular flexibility index (Phi) is 1.29. The van der Waals surface area contributed by atoms with Gasteiger partial charge in [0, 0.05) is 11.8 Å². The van der Waals surface area contributed by atoms with Gasteiger partial charge in [-0.3, -0.25) is 0 Å². The lowest BCUT2D eigenvalue weighted by atomic mass is 9.66. The summed E-state index contributed by atoms with van der Waals surface area (Å²) in [5.74, 6) is 0.185. The van der Waals surface area contributed by atoms with Crippen LogP contribution in [0.2, 0.25) is 0 Å². The minimum atomic E-state index is 0.0926. The number of allylic oxidation sites excluding steroid dienone is 6. The zero-order chi connectivity index (χ0) is 8.88. The summed E-state index contributed by atoms with van der Waals surface area (Å²) in [5.41, 5.74) is 4.10. The Bertz CT molecular complexity index is 277. The molecule has 0 heteroatoms. The molecule has 0 saturated heterocycles. The molecular weight excluding hydrogens is 144 g/mol. The molecule has 1 fully saturated rings. The van der Waals surface area contributed by atoms with E-state index in [0.717, 1.165) is 22.3 Å². The van der Waals surface area contributed by atoms with Crippen molar-refractivity contribution in [3.8, 4) is 0 Å². The molecule has 12 heavy (non-hydrogen) atoms. The summed E-state index contributed by atoms with van der Waals surface area (Å²) in [7, 11) is 0. The lowest BCUT2D eigenvalue weighted by Gasteiger charge is -2.37. The van der Waals surface area contributed by atoms with E-state index in [1.165, 1.54) is 0 Å². The van der Waals surface area contributed by atoms with E-state index in [0.29, 0.717) is 0 Å². The molecule has 0 atom stereocenters. The van der Waals surface area contributed by atoms with Gasteiger partial charge in [-0.15, -0.1) is 0 Å². The Hall–Kier alpha value is -1.30. The fraction of sp³-hybridized carbons (Fsp3) is 0.167. The van der Waals surface area contributed by atoms with E-state index in [4.69, 9.17) is 0 Å². The van der Waals surface area contributed by atoms with E-state index in [1.54, 1.807) is 0 Å². The van der Waals surface area contributed by atoms with Crippen LogP contribution in [0, 0.1) is 24.0 Å². The summed E-state index contributed by atoms with van der Waals surface area (Å²) < 4.78 is 0. The summed E-state index contributed by atoms with van der Waals surface area (Å²) in [6.45, 7) is 15.8. The summed E-state index contributed by atoms with van der Waals surface area (Å²) in [5, 5.41) is 0. The summed E-state index contributed by atoms with van der Waals surface area (Å²) in [6.07, 6.45) is 6.22. The second-order valence-corrected chi connectivity index (χ2v) is 3.26. The van der Waals surface area contributed by atoms with Crippen molar-refractivity contribution < 1.29 is 0 Å². The Morgan fingerprint density at radius 2 is 0.917 bits per heavy atom. The Labute approximate surface area is 73.3 Å². The first-order valence-electron chi connectivity index (χ1n) is 3.90. The smallest absolute Gasteiger partial charge is 0.0340 e. The Morgan fingerprint density at radius 3 is 1.17 bits per heavy atom. The Morgan fingerprint density at radius 1 is 0.667 bits per heavy atom. The van der Waals surface area contributed by atoms with Gasteiger partial charge in [0.1, 0.15) is 0 Å². The second kappa shape index (κ2) is 2.10. The highest BCUT2D eigenvalue weighted by molar-refractivity contribution is 5.56. The first-order chi connectivity index (χ1) is 5.63. The summed E-state index contributed by atoms with van der Waals surface area (Å²) in [6, 6.07) is 0. The highest BCUT2D eigenvalue weighted by atomic mass is 14.4. The third kappa shape index (κ3) is 0.672.